The Kier molecular flexibility index (Phi) is 7.86. The third-order valence-electron chi connectivity index (χ3n) is 5.78. The lowest BCUT2D eigenvalue weighted by molar-refractivity contribution is 0.0954. The first-order valence-corrected chi connectivity index (χ1v) is 12.1. The number of para-hydroxylation sites is 3. The molecule has 5 nitrogen and oxygen atoms in total. The van der Waals surface area contributed by atoms with E-state index in [1.165, 1.54) is 5.56 Å². The molecule has 4 rings (SSSR count). The maximum atomic E-state index is 12.5. The van der Waals surface area contributed by atoms with Crippen molar-refractivity contribution in [3.8, 4) is 5.75 Å². The van der Waals surface area contributed by atoms with Gasteiger partial charge < -0.3 is 14.6 Å². The Morgan fingerprint density at radius 1 is 1.06 bits per heavy atom. The summed E-state index contributed by atoms with van der Waals surface area (Å²) < 4.78 is 8.35. The average Bonchev–Trinajstić information content (AvgIpc) is 3.19. The van der Waals surface area contributed by atoms with E-state index in [2.05, 4.69) is 41.9 Å². The minimum atomic E-state index is -0.137. The molecule has 3 aromatic carbocycles. The zero-order chi connectivity index (χ0) is 23.9. The van der Waals surface area contributed by atoms with Crippen LogP contribution in [0.2, 0.25) is 5.02 Å². The summed E-state index contributed by atoms with van der Waals surface area (Å²) in [6.07, 6.45) is 1.49. The molecular weight excluding hydrogens is 446 g/mol. The lowest BCUT2D eigenvalue weighted by atomic mass is 10.0. The predicted octanol–water partition coefficient (Wildman–Crippen LogP) is 6.25. The van der Waals surface area contributed by atoms with Crippen molar-refractivity contribution in [3.63, 3.8) is 0 Å². The van der Waals surface area contributed by atoms with Crippen molar-refractivity contribution in [2.45, 2.75) is 39.2 Å². The summed E-state index contributed by atoms with van der Waals surface area (Å²) >= 11 is 6.00. The van der Waals surface area contributed by atoms with Gasteiger partial charge in [-0.1, -0.05) is 61.8 Å². The highest BCUT2D eigenvalue weighted by Crippen LogP contribution is 2.26. The molecule has 0 bridgehead atoms. The van der Waals surface area contributed by atoms with E-state index in [9.17, 15) is 4.79 Å². The predicted molar refractivity (Wildman–Crippen MR) is 138 cm³/mol. The maximum absolute atomic E-state index is 12.5. The molecule has 0 saturated heterocycles. The Morgan fingerprint density at radius 2 is 1.85 bits per heavy atom. The number of nitrogens with one attached hydrogen (secondary N) is 1. The number of halogens is 1. The van der Waals surface area contributed by atoms with Crippen molar-refractivity contribution in [1.82, 2.24) is 14.9 Å². The van der Waals surface area contributed by atoms with E-state index < -0.39 is 0 Å². The number of rotatable bonds is 10. The third kappa shape index (κ3) is 5.78. The van der Waals surface area contributed by atoms with E-state index >= 15 is 0 Å². The molecule has 1 amide bonds. The van der Waals surface area contributed by atoms with Crippen LogP contribution in [0, 0.1) is 0 Å². The summed E-state index contributed by atoms with van der Waals surface area (Å²) in [6.45, 7) is 6.27. The fourth-order valence-electron chi connectivity index (χ4n) is 4.08. The molecule has 0 saturated carbocycles. The Bertz CT molecular complexity index is 1270. The van der Waals surface area contributed by atoms with Crippen LogP contribution in [0.15, 0.2) is 72.8 Å². The zero-order valence-corrected chi connectivity index (χ0v) is 20.4. The number of aryl methyl sites for hydroxylation is 1. The molecule has 4 aromatic rings. The fourth-order valence-corrected chi connectivity index (χ4v) is 4.27. The SMILES string of the molecule is CC(C)c1ccccc1OCCCn1c(CCNC(=O)c2cccc(Cl)c2)nc2ccccc21. The average molecular weight is 476 g/mol. The molecule has 6 heteroatoms. The van der Waals surface area contributed by atoms with Gasteiger partial charge in [-0.05, 0) is 54.3 Å². The van der Waals surface area contributed by atoms with Gasteiger partial charge in [0, 0.05) is 30.1 Å². The quantitative estimate of drug-likeness (QED) is 0.275. The number of amides is 1. The smallest absolute Gasteiger partial charge is 0.251 e. The van der Waals surface area contributed by atoms with Crippen molar-refractivity contribution in [2.75, 3.05) is 13.2 Å². The van der Waals surface area contributed by atoms with Gasteiger partial charge in [-0.25, -0.2) is 4.98 Å². The Balaban J connectivity index is 1.39. The topological polar surface area (TPSA) is 56.1 Å². The number of benzene rings is 3. The highest BCUT2D eigenvalue weighted by Gasteiger charge is 2.12. The van der Waals surface area contributed by atoms with Crippen molar-refractivity contribution < 1.29 is 9.53 Å². The van der Waals surface area contributed by atoms with E-state index in [4.69, 9.17) is 21.3 Å². The van der Waals surface area contributed by atoms with Gasteiger partial charge in [-0.15, -0.1) is 0 Å². The monoisotopic (exact) mass is 475 g/mol. The van der Waals surface area contributed by atoms with Crippen LogP contribution in [0.5, 0.6) is 5.75 Å². The second-order valence-electron chi connectivity index (χ2n) is 8.58. The second kappa shape index (κ2) is 11.2. The lowest BCUT2D eigenvalue weighted by Gasteiger charge is -2.14. The molecule has 0 fully saturated rings. The van der Waals surface area contributed by atoms with Gasteiger partial charge >= 0.3 is 0 Å². The van der Waals surface area contributed by atoms with E-state index in [0.717, 1.165) is 35.6 Å². The van der Waals surface area contributed by atoms with Gasteiger partial charge in [-0.2, -0.15) is 0 Å². The number of fused-ring (bicyclic) bond motifs is 1. The van der Waals surface area contributed by atoms with Crippen LogP contribution in [0.3, 0.4) is 0 Å². The summed E-state index contributed by atoms with van der Waals surface area (Å²) in [5.41, 5.74) is 3.84. The third-order valence-corrected chi connectivity index (χ3v) is 6.01. The Morgan fingerprint density at radius 3 is 2.68 bits per heavy atom. The summed E-state index contributed by atoms with van der Waals surface area (Å²) in [7, 11) is 0. The zero-order valence-electron chi connectivity index (χ0n) is 19.6. The molecule has 1 N–H and O–H groups in total. The molecule has 0 aliphatic rings. The molecule has 0 spiro atoms. The normalized spacial score (nSPS) is 11.2. The van der Waals surface area contributed by atoms with E-state index in [1.54, 1.807) is 24.3 Å². The van der Waals surface area contributed by atoms with Gasteiger partial charge in [-0.3, -0.25) is 4.79 Å². The largest absolute Gasteiger partial charge is 0.493 e. The first-order chi connectivity index (χ1) is 16.5. The van der Waals surface area contributed by atoms with Crippen molar-refractivity contribution in [1.29, 1.82) is 0 Å². The van der Waals surface area contributed by atoms with E-state index in [0.29, 0.717) is 36.1 Å². The van der Waals surface area contributed by atoms with Crippen LogP contribution in [0.4, 0.5) is 0 Å². The lowest BCUT2D eigenvalue weighted by Crippen LogP contribution is -2.26. The van der Waals surface area contributed by atoms with Gasteiger partial charge in [0.25, 0.3) is 5.91 Å². The second-order valence-corrected chi connectivity index (χ2v) is 9.02. The molecule has 34 heavy (non-hydrogen) atoms. The van der Waals surface area contributed by atoms with Crippen LogP contribution in [-0.4, -0.2) is 28.6 Å². The molecule has 0 aliphatic heterocycles. The van der Waals surface area contributed by atoms with Crippen molar-refractivity contribution in [3.05, 3.63) is 94.8 Å². The van der Waals surface area contributed by atoms with E-state index in [1.807, 2.05) is 30.3 Å². The number of aromatic nitrogens is 2. The Hall–Kier alpha value is -3.31. The number of carbonyl (C=O) groups excluding carboxylic acids is 1. The summed E-state index contributed by atoms with van der Waals surface area (Å²) in [6, 6.07) is 23.3. The first kappa shape index (κ1) is 23.8. The minimum absolute atomic E-state index is 0.137. The highest BCUT2D eigenvalue weighted by atomic mass is 35.5. The van der Waals surface area contributed by atoms with Crippen LogP contribution >= 0.6 is 11.6 Å². The highest BCUT2D eigenvalue weighted by molar-refractivity contribution is 6.30. The van der Waals surface area contributed by atoms with Crippen LogP contribution in [0.25, 0.3) is 11.0 Å². The number of ether oxygens (including phenoxy) is 1. The van der Waals surface area contributed by atoms with Gasteiger partial charge in [0.15, 0.2) is 0 Å². The molecule has 0 aliphatic carbocycles. The van der Waals surface area contributed by atoms with Crippen LogP contribution in [-0.2, 0) is 13.0 Å². The van der Waals surface area contributed by atoms with Crippen LogP contribution < -0.4 is 10.1 Å². The molecule has 0 atom stereocenters. The van der Waals surface area contributed by atoms with Gasteiger partial charge in [0.1, 0.15) is 11.6 Å². The summed E-state index contributed by atoms with van der Waals surface area (Å²) in [5.74, 6) is 2.19. The number of imidazole rings is 1. The summed E-state index contributed by atoms with van der Waals surface area (Å²) in [4.78, 5) is 17.3. The fraction of sp³-hybridized carbons (Fsp3) is 0.286. The minimum Gasteiger partial charge on any atom is -0.493 e. The summed E-state index contributed by atoms with van der Waals surface area (Å²) in [5, 5.41) is 3.52. The van der Waals surface area contributed by atoms with Gasteiger partial charge in [0.05, 0.1) is 17.6 Å². The number of hydrogen-bond acceptors (Lipinski definition) is 3. The van der Waals surface area contributed by atoms with Gasteiger partial charge in [0.2, 0.25) is 0 Å². The van der Waals surface area contributed by atoms with Crippen molar-refractivity contribution in [2.24, 2.45) is 0 Å². The van der Waals surface area contributed by atoms with E-state index in [-0.39, 0.29) is 5.91 Å². The molecule has 1 aromatic heterocycles. The number of carbonyl (C=O) groups is 1. The first-order valence-electron chi connectivity index (χ1n) is 11.7. The number of hydrogen-bond donors (Lipinski definition) is 1. The maximum Gasteiger partial charge on any atom is 0.251 e. The molecule has 0 radical (unpaired) electrons. The molecule has 1 heterocycles. The molecular formula is C28H30ClN3O2. The standard InChI is InChI=1S/C28H30ClN3O2/c1-20(2)23-11-3-6-14-26(23)34-18-8-17-32-25-13-5-4-12-24(25)31-27(32)15-16-30-28(33)21-9-7-10-22(29)19-21/h3-7,9-14,19-20H,8,15-18H2,1-2H3,(H,30,33). The molecule has 176 valence electrons. The van der Waals surface area contributed by atoms with Crippen molar-refractivity contribution >= 4 is 28.5 Å². The Labute approximate surface area is 205 Å². The van der Waals surface area contributed by atoms with Crippen LogP contribution in [0.1, 0.15) is 47.9 Å². The molecule has 0 unspecified atom stereocenters. The number of nitrogens with zero attached hydrogens (tertiary/aromatic N) is 2.